The molecule has 2 atom stereocenters. The van der Waals surface area contributed by atoms with Crippen LogP contribution in [0.4, 0.5) is 4.79 Å². The van der Waals surface area contributed by atoms with Crippen LogP contribution in [0, 0.1) is 5.92 Å². The fraction of sp³-hybridized carbons (Fsp3) is 0.407. The first-order chi connectivity index (χ1) is 17.0. The minimum absolute atomic E-state index is 0.0979. The van der Waals surface area contributed by atoms with Crippen LogP contribution in [-0.4, -0.2) is 33.3 Å². The predicted molar refractivity (Wildman–Crippen MR) is 134 cm³/mol. The lowest BCUT2D eigenvalue weighted by Crippen LogP contribution is -2.50. The van der Waals surface area contributed by atoms with E-state index in [9.17, 15) is 14.7 Å². The van der Waals surface area contributed by atoms with Crippen molar-refractivity contribution in [3.05, 3.63) is 77.5 Å². The Kier molecular flexibility index (Phi) is 8.68. The Morgan fingerprint density at radius 2 is 1.78 bits per heavy atom. The summed E-state index contributed by atoms with van der Waals surface area (Å²) in [7, 11) is 0. The summed E-state index contributed by atoms with van der Waals surface area (Å²) < 4.78 is 10.7. The molecule has 0 aliphatic rings. The Bertz CT molecular complexity index is 1140. The van der Waals surface area contributed by atoms with Crippen molar-refractivity contribution in [1.82, 2.24) is 20.8 Å². The number of phenols is 1. The van der Waals surface area contributed by atoms with Crippen LogP contribution < -0.4 is 10.6 Å². The number of aromatic nitrogens is 2. The summed E-state index contributed by atoms with van der Waals surface area (Å²) in [5.74, 6) is -0.163. The van der Waals surface area contributed by atoms with Gasteiger partial charge in [0.25, 0.3) is 0 Å². The van der Waals surface area contributed by atoms with E-state index in [0.717, 1.165) is 16.7 Å². The van der Waals surface area contributed by atoms with Gasteiger partial charge in [0, 0.05) is 6.42 Å². The van der Waals surface area contributed by atoms with Gasteiger partial charge in [0.05, 0.1) is 0 Å². The molecule has 0 fully saturated rings. The normalized spacial score (nSPS) is 13.2. The summed E-state index contributed by atoms with van der Waals surface area (Å²) in [4.78, 5) is 25.7. The number of ether oxygens (including phenoxy) is 1. The molecule has 0 bridgehead atoms. The molecule has 0 spiro atoms. The van der Waals surface area contributed by atoms with Gasteiger partial charge in [-0.25, -0.2) is 4.79 Å². The van der Waals surface area contributed by atoms with Crippen LogP contribution >= 0.6 is 0 Å². The van der Waals surface area contributed by atoms with Gasteiger partial charge >= 0.3 is 6.09 Å². The number of hydrogen-bond acceptors (Lipinski definition) is 7. The molecule has 1 aromatic heterocycles. The van der Waals surface area contributed by atoms with E-state index < -0.39 is 24.1 Å². The molecule has 3 N–H and O–H groups in total. The van der Waals surface area contributed by atoms with Gasteiger partial charge in [-0.15, -0.1) is 10.2 Å². The Balaban J connectivity index is 1.72. The third-order valence-corrected chi connectivity index (χ3v) is 5.74. The molecule has 3 rings (SSSR count). The van der Waals surface area contributed by atoms with Crippen LogP contribution in [0.1, 0.15) is 63.2 Å². The summed E-state index contributed by atoms with van der Waals surface area (Å²) in [5.41, 5.74) is 2.24. The SMILES string of the molecule is CC(C)C(NC(=O)OCc1ccccc1)C(=O)NC(Cc1ccc(O)c(C(C)(C)C)c1)c1nnco1. The van der Waals surface area contributed by atoms with Gasteiger partial charge in [-0.3, -0.25) is 4.79 Å². The average Bonchev–Trinajstić information content (AvgIpc) is 3.36. The summed E-state index contributed by atoms with van der Waals surface area (Å²) in [6.45, 7) is 9.80. The van der Waals surface area contributed by atoms with Crippen molar-refractivity contribution in [1.29, 1.82) is 0 Å². The molecule has 9 heteroatoms. The monoisotopic (exact) mass is 494 g/mol. The molecule has 9 nitrogen and oxygen atoms in total. The standard InChI is InChI=1S/C27H34N4O5/c1-17(2)23(30-26(34)35-15-18-9-7-6-8-10-18)24(33)29-21(25-31-28-16-36-25)14-19-11-12-22(32)20(13-19)27(3,4)5/h6-13,16-17,21,23,32H,14-15H2,1-5H3,(H,29,33)(H,30,34). The van der Waals surface area contributed by atoms with Crippen molar-refractivity contribution in [3.8, 4) is 5.75 Å². The van der Waals surface area contributed by atoms with Crippen molar-refractivity contribution in [2.24, 2.45) is 5.92 Å². The van der Waals surface area contributed by atoms with E-state index in [4.69, 9.17) is 9.15 Å². The first-order valence-electron chi connectivity index (χ1n) is 11.9. The first kappa shape index (κ1) is 26.7. The number of nitrogens with zero attached hydrogens (tertiary/aromatic N) is 2. The Hall–Kier alpha value is -3.88. The lowest BCUT2D eigenvalue weighted by molar-refractivity contribution is -0.125. The van der Waals surface area contributed by atoms with Crippen LogP contribution in [0.2, 0.25) is 0 Å². The molecule has 0 radical (unpaired) electrons. The molecule has 0 saturated carbocycles. The molecule has 2 amide bonds. The molecule has 2 aromatic carbocycles. The highest BCUT2D eigenvalue weighted by Crippen LogP contribution is 2.32. The molecule has 1 heterocycles. The van der Waals surface area contributed by atoms with Crippen LogP contribution in [0.25, 0.3) is 0 Å². The third kappa shape index (κ3) is 7.31. The van der Waals surface area contributed by atoms with Gasteiger partial charge in [0.2, 0.25) is 18.2 Å². The van der Waals surface area contributed by atoms with Crippen molar-refractivity contribution in [3.63, 3.8) is 0 Å². The highest BCUT2D eigenvalue weighted by molar-refractivity contribution is 5.86. The quantitative estimate of drug-likeness (QED) is 0.402. The molecule has 36 heavy (non-hydrogen) atoms. The molecular weight excluding hydrogens is 460 g/mol. The minimum Gasteiger partial charge on any atom is -0.508 e. The van der Waals surface area contributed by atoms with Crippen LogP contribution in [0.5, 0.6) is 5.75 Å². The predicted octanol–water partition coefficient (Wildman–Crippen LogP) is 4.42. The number of nitrogens with one attached hydrogen (secondary N) is 2. The van der Waals surface area contributed by atoms with E-state index in [1.165, 1.54) is 6.39 Å². The summed E-state index contributed by atoms with van der Waals surface area (Å²) in [5, 5.41) is 23.6. The second kappa shape index (κ2) is 11.7. The number of hydrogen-bond donors (Lipinski definition) is 3. The molecule has 0 saturated heterocycles. The number of aromatic hydroxyl groups is 1. The number of phenolic OH excluding ortho intramolecular Hbond substituents is 1. The summed E-state index contributed by atoms with van der Waals surface area (Å²) >= 11 is 0. The molecule has 2 unspecified atom stereocenters. The van der Waals surface area contributed by atoms with Gasteiger partial charge in [0.1, 0.15) is 24.4 Å². The number of carbonyl (C=O) groups excluding carboxylic acids is 2. The lowest BCUT2D eigenvalue weighted by atomic mass is 9.84. The van der Waals surface area contributed by atoms with Crippen LogP contribution in [0.15, 0.2) is 59.3 Å². The Labute approximate surface area is 211 Å². The van der Waals surface area contributed by atoms with Crippen molar-refractivity contribution >= 4 is 12.0 Å². The third-order valence-electron chi connectivity index (χ3n) is 5.74. The van der Waals surface area contributed by atoms with E-state index in [1.807, 2.05) is 71.0 Å². The van der Waals surface area contributed by atoms with E-state index in [0.29, 0.717) is 6.42 Å². The van der Waals surface area contributed by atoms with Gasteiger partial charge in [-0.05, 0) is 34.1 Å². The van der Waals surface area contributed by atoms with Gasteiger partial charge in [0.15, 0.2) is 0 Å². The molecule has 192 valence electrons. The van der Waals surface area contributed by atoms with Gasteiger partial charge < -0.3 is 24.9 Å². The topological polar surface area (TPSA) is 127 Å². The zero-order chi connectivity index (χ0) is 26.3. The molecular formula is C27H34N4O5. The number of benzene rings is 2. The zero-order valence-electron chi connectivity index (χ0n) is 21.3. The Morgan fingerprint density at radius 3 is 2.39 bits per heavy atom. The minimum atomic E-state index is -0.844. The zero-order valence-corrected chi connectivity index (χ0v) is 21.3. The second-order valence-electron chi connectivity index (χ2n) is 10.1. The van der Waals surface area contributed by atoms with E-state index in [-0.39, 0.29) is 29.6 Å². The van der Waals surface area contributed by atoms with Gasteiger partial charge in [-0.1, -0.05) is 77.1 Å². The number of rotatable bonds is 9. The maximum absolute atomic E-state index is 13.3. The number of carbonyl (C=O) groups is 2. The average molecular weight is 495 g/mol. The smallest absolute Gasteiger partial charge is 0.408 e. The first-order valence-corrected chi connectivity index (χ1v) is 11.9. The largest absolute Gasteiger partial charge is 0.508 e. The molecule has 3 aromatic rings. The summed E-state index contributed by atoms with van der Waals surface area (Å²) in [6.07, 6.45) is 0.862. The fourth-order valence-corrected chi connectivity index (χ4v) is 3.77. The van der Waals surface area contributed by atoms with E-state index >= 15 is 0 Å². The maximum Gasteiger partial charge on any atom is 0.408 e. The fourth-order valence-electron chi connectivity index (χ4n) is 3.77. The second-order valence-corrected chi connectivity index (χ2v) is 10.1. The molecule has 0 aliphatic carbocycles. The molecule has 0 aliphatic heterocycles. The number of amides is 2. The lowest BCUT2D eigenvalue weighted by Gasteiger charge is -2.25. The van der Waals surface area contributed by atoms with E-state index in [1.54, 1.807) is 12.1 Å². The van der Waals surface area contributed by atoms with Crippen LogP contribution in [-0.2, 0) is 28.0 Å². The highest BCUT2D eigenvalue weighted by Gasteiger charge is 2.29. The number of alkyl carbamates (subject to hydrolysis) is 1. The van der Waals surface area contributed by atoms with Gasteiger partial charge in [-0.2, -0.15) is 0 Å². The van der Waals surface area contributed by atoms with Crippen molar-refractivity contribution < 1.29 is 23.8 Å². The van der Waals surface area contributed by atoms with E-state index in [2.05, 4.69) is 20.8 Å². The van der Waals surface area contributed by atoms with Crippen molar-refractivity contribution in [2.75, 3.05) is 0 Å². The highest BCUT2D eigenvalue weighted by atomic mass is 16.5. The van der Waals surface area contributed by atoms with Crippen LogP contribution in [0.3, 0.4) is 0 Å². The maximum atomic E-state index is 13.3. The van der Waals surface area contributed by atoms with Crippen molar-refractivity contribution in [2.45, 2.75) is 65.1 Å². The Morgan fingerprint density at radius 1 is 1.06 bits per heavy atom. The summed E-state index contributed by atoms with van der Waals surface area (Å²) in [6, 6.07) is 13.2.